The molecule has 3 rings (SSSR count). The first-order chi connectivity index (χ1) is 12.6. The van der Waals surface area contributed by atoms with E-state index in [4.69, 9.17) is 9.31 Å². The van der Waals surface area contributed by atoms with Crippen molar-refractivity contribution in [1.29, 1.82) is 5.26 Å². The minimum absolute atomic E-state index is 0.00527. The fraction of sp³-hybridized carbons (Fsp3) is 0.389. The molecule has 1 fully saturated rings. The Balaban J connectivity index is 2.12. The predicted molar refractivity (Wildman–Crippen MR) is 104 cm³/mol. The Morgan fingerprint density at radius 2 is 1.89 bits per heavy atom. The van der Waals surface area contributed by atoms with Gasteiger partial charge in [0.25, 0.3) is 5.56 Å². The van der Waals surface area contributed by atoms with Crippen LogP contribution in [0.25, 0.3) is 11.3 Å². The molecular formula is C18H20BN3O4S. The zero-order valence-corrected chi connectivity index (χ0v) is 16.6. The van der Waals surface area contributed by atoms with E-state index in [0.29, 0.717) is 16.2 Å². The number of H-pyrrole nitrogens is 1. The van der Waals surface area contributed by atoms with Crippen LogP contribution >= 0.6 is 11.8 Å². The Kier molecular flexibility index (Phi) is 4.84. The van der Waals surface area contributed by atoms with Crippen LogP contribution in [0.15, 0.2) is 28.2 Å². The zero-order valence-electron chi connectivity index (χ0n) is 15.8. The molecule has 140 valence electrons. The molecular weight excluding hydrogens is 365 g/mol. The van der Waals surface area contributed by atoms with E-state index >= 15 is 0 Å². The first kappa shape index (κ1) is 19.5. The van der Waals surface area contributed by atoms with Crippen LogP contribution in [0.5, 0.6) is 5.75 Å². The molecule has 7 nitrogen and oxygen atoms in total. The monoisotopic (exact) mass is 385 g/mol. The van der Waals surface area contributed by atoms with Crippen LogP contribution in [0, 0.1) is 11.3 Å². The molecule has 2 heterocycles. The van der Waals surface area contributed by atoms with Crippen molar-refractivity contribution in [1.82, 2.24) is 9.97 Å². The Morgan fingerprint density at radius 1 is 1.26 bits per heavy atom. The maximum atomic E-state index is 12.2. The number of nitrogens with zero attached hydrogens (tertiary/aromatic N) is 2. The van der Waals surface area contributed by atoms with E-state index < -0.39 is 23.9 Å². The molecule has 0 atom stereocenters. The van der Waals surface area contributed by atoms with E-state index in [2.05, 4.69) is 9.97 Å². The van der Waals surface area contributed by atoms with Crippen molar-refractivity contribution >= 4 is 24.3 Å². The number of rotatable bonds is 3. The molecule has 0 amide bonds. The first-order valence-corrected chi connectivity index (χ1v) is 9.59. The predicted octanol–water partition coefficient (Wildman–Crippen LogP) is 2.04. The lowest BCUT2D eigenvalue weighted by Gasteiger charge is -2.32. The SMILES string of the molecule is CSc1nc(-c2ccc(O)c(B3OC(C)(C)C(C)(C)O3)c2)c(C#N)c(=O)[nH]1. The van der Waals surface area contributed by atoms with Gasteiger partial charge in [-0.3, -0.25) is 4.79 Å². The molecule has 1 aliphatic heterocycles. The van der Waals surface area contributed by atoms with Gasteiger partial charge in [0.2, 0.25) is 0 Å². The van der Waals surface area contributed by atoms with Gasteiger partial charge in [0.15, 0.2) is 5.16 Å². The first-order valence-electron chi connectivity index (χ1n) is 8.37. The lowest BCUT2D eigenvalue weighted by molar-refractivity contribution is 0.00578. The Morgan fingerprint density at radius 3 is 2.44 bits per heavy atom. The van der Waals surface area contributed by atoms with Crippen molar-refractivity contribution in [3.05, 3.63) is 34.1 Å². The van der Waals surface area contributed by atoms with E-state index in [1.54, 1.807) is 18.4 Å². The number of benzene rings is 1. The summed E-state index contributed by atoms with van der Waals surface area (Å²) in [7, 11) is -0.775. The summed E-state index contributed by atoms with van der Waals surface area (Å²) in [6.45, 7) is 7.69. The van der Waals surface area contributed by atoms with Crippen molar-refractivity contribution in [2.45, 2.75) is 44.1 Å². The van der Waals surface area contributed by atoms with Crippen LogP contribution in [0.4, 0.5) is 0 Å². The number of nitrogens with one attached hydrogen (secondary N) is 1. The molecule has 0 saturated carbocycles. The lowest BCUT2D eigenvalue weighted by atomic mass is 9.77. The number of hydrogen-bond acceptors (Lipinski definition) is 7. The lowest BCUT2D eigenvalue weighted by Crippen LogP contribution is -2.41. The zero-order chi connectivity index (χ0) is 20.0. The molecule has 0 radical (unpaired) electrons. The highest BCUT2D eigenvalue weighted by atomic mass is 32.2. The van der Waals surface area contributed by atoms with Crippen molar-refractivity contribution in [2.75, 3.05) is 6.26 Å². The van der Waals surface area contributed by atoms with Crippen LogP contribution < -0.4 is 11.0 Å². The molecule has 2 N–H and O–H groups in total. The molecule has 0 bridgehead atoms. The van der Waals surface area contributed by atoms with E-state index in [-0.39, 0.29) is 17.0 Å². The van der Waals surface area contributed by atoms with Crippen molar-refractivity contribution in [3.63, 3.8) is 0 Å². The van der Waals surface area contributed by atoms with Gasteiger partial charge < -0.3 is 19.4 Å². The minimum atomic E-state index is -0.775. The number of thioether (sulfide) groups is 1. The third kappa shape index (κ3) is 3.36. The fourth-order valence-corrected chi connectivity index (χ4v) is 3.10. The highest BCUT2D eigenvalue weighted by molar-refractivity contribution is 7.98. The molecule has 1 aliphatic rings. The van der Waals surface area contributed by atoms with E-state index in [0.717, 1.165) is 0 Å². The van der Waals surface area contributed by atoms with Gasteiger partial charge in [0.05, 0.1) is 16.9 Å². The highest BCUT2D eigenvalue weighted by Crippen LogP contribution is 2.37. The van der Waals surface area contributed by atoms with Gasteiger partial charge in [0.1, 0.15) is 17.4 Å². The molecule has 0 spiro atoms. The molecule has 0 aliphatic carbocycles. The molecule has 1 saturated heterocycles. The van der Waals surface area contributed by atoms with E-state index in [1.807, 2.05) is 33.8 Å². The Bertz CT molecular complexity index is 981. The molecule has 1 aromatic heterocycles. The average molecular weight is 385 g/mol. The van der Waals surface area contributed by atoms with E-state index in [9.17, 15) is 15.2 Å². The van der Waals surface area contributed by atoms with Gasteiger partial charge >= 0.3 is 7.12 Å². The van der Waals surface area contributed by atoms with E-state index in [1.165, 1.54) is 17.8 Å². The Hall–Kier alpha value is -2.28. The Labute approximate surface area is 161 Å². The second-order valence-corrected chi connectivity index (χ2v) is 8.07. The number of phenolic OH excluding ortho intramolecular Hbond substituents is 1. The summed E-state index contributed by atoms with van der Waals surface area (Å²) in [5.41, 5.74) is -0.518. The summed E-state index contributed by atoms with van der Waals surface area (Å²) in [6.07, 6.45) is 1.78. The second kappa shape index (κ2) is 6.71. The standard InChI is InChI=1S/C18H20BN3O4S/c1-17(2)18(3,4)26-19(25-17)12-8-10(6-7-13(12)23)14-11(9-20)15(24)22-16(21-14)27-5/h6-8,23H,1-5H3,(H,21,22,24). The van der Waals surface area contributed by atoms with Crippen LogP contribution in [-0.2, 0) is 9.31 Å². The number of hydrogen-bond donors (Lipinski definition) is 2. The summed E-state index contributed by atoms with van der Waals surface area (Å²) < 4.78 is 12.0. The van der Waals surface area contributed by atoms with Gasteiger partial charge in [-0.15, -0.1) is 0 Å². The summed E-state index contributed by atoms with van der Waals surface area (Å²) in [5, 5.41) is 20.1. The maximum Gasteiger partial charge on any atom is 0.498 e. The fourth-order valence-electron chi connectivity index (χ4n) is 2.72. The van der Waals surface area contributed by atoms with Gasteiger partial charge in [-0.05, 0) is 52.1 Å². The van der Waals surface area contributed by atoms with Crippen LogP contribution in [0.2, 0.25) is 0 Å². The van der Waals surface area contributed by atoms with Crippen LogP contribution in [0.1, 0.15) is 33.3 Å². The third-order valence-corrected chi connectivity index (χ3v) is 5.59. The smallest absolute Gasteiger partial charge is 0.498 e. The number of aromatic nitrogens is 2. The maximum absolute atomic E-state index is 12.2. The van der Waals surface area contributed by atoms with Crippen molar-refractivity contribution < 1.29 is 14.4 Å². The number of phenols is 1. The molecule has 0 unspecified atom stereocenters. The normalized spacial score (nSPS) is 17.7. The number of aromatic hydroxyl groups is 1. The molecule has 2 aromatic rings. The van der Waals surface area contributed by atoms with Gasteiger partial charge in [-0.25, -0.2) is 4.98 Å². The largest absolute Gasteiger partial charge is 0.508 e. The van der Waals surface area contributed by atoms with Gasteiger partial charge in [-0.1, -0.05) is 11.8 Å². The molecule has 1 aromatic carbocycles. The van der Waals surface area contributed by atoms with Crippen LogP contribution in [-0.4, -0.2) is 39.7 Å². The highest BCUT2D eigenvalue weighted by Gasteiger charge is 2.52. The minimum Gasteiger partial charge on any atom is -0.508 e. The average Bonchev–Trinajstić information content (AvgIpc) is 2.82. The van der Waals surface area contributed by atoms with Crippen LogP contribution in [0.3, 0.4) is 0 Å². The second-order valence-electron chi connectivity index (χ2n) is 7.27. The number of aromatic amines is 1. The summed E-state index contributed by atoms with van der Waals surface area (Å²) in [6, 6.07) is 6.64. The number of nitriles is 1. The van der Waals surface area contributed by atoms with Crippen molar-refractivity contribution in [3.8, 4) is 23.1 Å². The third-order valence-electron chi connectivity index (χ3n) is 5.01. The molecule has 27 heavy (non-hydrogen) atoms. The topological polar surface area (TPSA) is 108 Å². The van der Waals surface area contributed by atoms with Gasteiger partial charge in [-0.2, -0.15) is 5.26 Å². The van der Waals surface area contributed by atoms with Crippen molar-refractivity contribution in [2.24, 2.45) is 0 Å². The quantitative estimate of drug-likeness (QED) is 0.473. The summed E-state index contributed by atoms with van der Waals surface area (Å²) in [5.74, 6) is 0.00527. The van der Waals surface area contributed by atoms with Gasteiger partial charge in [0, 0.05) is 11.0 Å². The molecule has 9 heteroatoms. The summed E-state index contributed by atoms with van der Waals surface area (Å²) in [4.78, 5) is 19.1. The summed E-state index contributed by atoms with van der Waals surface area (Å²) >= 11 is 1.27.